The van der Waals surface area contributed by atoms with Crippen molar-refractivity contribution in [3.63, 3.8) is 0 Å². The van der Waals surface area contributed by atoms with E-state index >= 15 is 0 Å². The van der Waals surface area contributed by atoms with Crippen LogP contribution in [0.1, 0.15) is 23.1 Å². The Morgan fingerprint density at radius 2 is 1.94 bits per heavy atom. The highest BCUT2D eigenvalue weighted by atomic mass is 19.1. The number of hydrogen-bond donors (Lipinski definition) is 1. The SMILES string of the molecule is OC1(c2cncc(F)c2)CCc2cc(F)ccc21. The highest BCUT2D eigenvalue weighted by Crippen LogP contribution is 2.41. The molecule has 0 spiro atoms. The molecule has 0 fully saturated rings. The summed E-state index contributed by atoms with van der Waals surface area (Å²) in [5.41, 5.74) is 0.545. The summed E-state index contributed by atoms with van der Waals surface area (Å²) in [5.74, 6) is -0.813. The van der Waals surface area contributed by atoms with Crippen molar-refractivity contribution in [3.8, 4) is 0 Å². The van der Waals surface area contributed by atoms with Crippen LogP contribution in [0, 0.1) is 11.6 Å². The van der Waals surface area contributed by atoms with Gasteiger partial charge in [0.05, 0.1) is 6.20 Å². The first-order valence-corrected chi connectivity index (χ1v) is 5.72. The molecule has 2 aromatic rings. The Hall–Kier alpha value is -1.81. The van der Waals surface area contributed by atoms with Crippen LogP contribution in [0.15, 0.2) is 36.7 Å². The number of aliphatic hydroxyl groups is 1. The highest BCUT2D eigenvalue weighted by molar-refractivity contribution is 5.44. The molecule has 1 aromatic heterocycles. The van der Waals surface area contributed by atoms with Gasteiger partial charge < -0.3 is 5.11 Å². The second-order valence-corrected chi connectivity index (χ2v) is 4.55. The topological polar surface area (TPSA) is 33.1 Å². The van der Waals surface area contributed by atoms with E-state index in [2.05, 4.69) is 4.98 Å². The number of hydrogen-bond acceptors (Lipinski definition) is 2. The standard InChI is InChI=1S/C14H11F2NO/c15-11-1-2-13-9(5-11)3-4-14(13,18)10-6-12(16)8-17-7-10/h1-2,5-8,18H,3-4H2. The number of rotatable bonds is 1. The minimum atomic E-state index is -1.27. The van der Waals surface area contributed by atoms with Gasteiger partial charge in [-0.1, -0.05) is 6.07 Å². The molecule has 0 saturated heterocycles. The van der Waals surface area contributed by atoms with Crippen molar-refractivity contribution >= 4 is 0 Å². The smallest absolute Gasteiger partial charge is 0.141 e. The van der Waals surface area contributed by atoms with Gasteiger partial charge in [0.2, 0.25) is 0 Å². The zero-order valence-corrected chi connectivity index (χ0v) is 9.53. The molecule has 2 nitrogen and oxygen atoms in total. The molecule has 18 heavy (non-hydrogen) atoms. The number of aryl methyl sites for hydroxylation is 1. The predicted molar refractivity (Wildman–Crippen MR) is 61.9 cm³/mol. The summed E-state index contributed by atoms with van der Waals surface area (Å²) in [6.07, 6.45) is 3.52. The summed E-state index contributed by atoms with van der Waals surface area (Å²) in [5, 5.41) is 10.7. The van der Waals surface area contributed by atoms with Gasteiger partial charge in [-0.15, -0.1) is 0 Å². The van der Waals surface area contributed by atoms with E-state index in [1.54, 1.807) is 6.07 Å². The molecule has 0 amide bonds. The predicted octanol–water partition coefficient (Wildman–Crippen LogP) is 2.54. The van der Waals surface area contributed by atoms with Crippen LogP contribution in [0.4, 0.5) is 8.78 Å². The van der Waals surface area contributed by atoms with Crippen LogP contribution in [-0.4, -0.2) is 10.1 Å². The van der Waals surface area contributed by atoms with Gasteiger partial charge in [0.1, 0.15) is 17.2 Å². The molecule has 3 rings (SSSR count). The molecule has 0 saturated carbocycles. The summed E-state index contributed by atoms with van der Waals surface area (Å²) in [6.45, 7) is 0. The quantitative estimate of drug-likeness (QED) is 0.840. The van der Waals surface area contributed by atoms with Crippen molar-refractivity contribution in [2.45, 2.75) is 18.4 Å². The minimum absolute atomic E-state index is 0.324. The van der Waals surface area contributed by atoms with Gasteiger partial charge in [0, 0.05) is 11.8 Å². The Morgan fingerprint density at radius 3 is 2.72 bits per heavy atom. The Labute approximate surface area is 103 Å². The number of nitrogens with zero attached hydrogens (tertiary/aromatic N) is 1. The molecule has 92 valence electrons. The van der Waals surface area contributed by atoms with Crippen LogP contribution in [0.5, 0.6) is 0 Å². The normalized spacial score (nSPS) is 21.9. The van der Waals surface area contributed by atoms with Gasteiger partial charge in [-0.25, -0.2) is 8.78 Å². The Morgan fingerprint density at radius 1 is 1.11 bits per heavy atom. The van der Waals surface area contributed by atoms with Crippen LogP contribution >= 0.6 is 0 Å². The van der Waals surface area contributed by atoms with E-state index in [1.807, 2.05) is 0 Å². The first kappa shape index (κ1) is 11.3. The molecule has 0 bridgehead atoms. The molecule has 1 N–H and O–H groups in total. The van der Waals surface area contributed by atoms with E-state index in [0.29, 0.717) is 24.0 Å². The highest BCUT2D eigenvalue weighted by Gasteiger charge is 2.38. The molecule has 4 heteroatoms. The number of pyridine rings is 1. The molecule has 1 aromatic carbocycles. The van der Waals surface area contributed by atoms with Crippen molar-refractivity contribution in [1.82, 2.24) is 4.98 Å². The van der Waals surface area contributed by atoms with E-state index in [-0.39, 0.29) is 5.82 Å². The van der Waals surface area contributed by atoms with E-state index in [0.717, 1.165) is 11.8 Å². The fraction of sp³-hybridized carbons (Fsp3) is 0.214. The molecule has 0 radical (unpaired) electrons. The molecule has 1 unspecified atom stereocenters. The lowest BCUT2D eigenvalue weighted by molar-refractivity contribution is 0.0821. The van der Waals surface area contributed by atoms with Gasteiger partial charge in [0.15, 0.2) is 0 Å². The molecular formula is C14H11F2NO. The van der Waals surface area contributed by atoms with Gasteiger partial charge in [-0.2, -0.15) is 0 Å². The second-order valence-electron chi connectivity index (χ2n) is 4.55. The van der Waals surface area contributed by atoms with Gasteiger partial charge in [0.25, 0.3) is 0 Å². The van der Waals surface area contributed by atoms with Gasteiger partial charge >= 0.3 is 0 Å². The van der Waals surface area contributed by atoms with Crippen molar-refractivity contribution in [2.24, 2.45) is 0 Å². The fourth-order valence-electron chi connectivity index (χ4n) is 2.56. The third-order valence-corrected chi connectivity index (χ3v) is 3.45. The van der Waals surface area contributed by atoms with Crippen LogP contribution in [0.2, 0.25) is 0 Å². The maximum atomic E-state index is 13.2. The van der Waals surface area contributed by atoms with Crippen LogP contribution in [0.25, 0.3) is 0 Å². The van der Waals surface area contributed by atoms with E-state index in [9.17, 15) is 13.9 Å². The summed E-state index contributed by atoms with van der Waals surface area (Å²) in [6, 6.07) is 5.55. The maximum absolute atomic E-state index is 13.2. The summed E-state index contributed by atoms with van der Waals surface area (Å²) >= 11 is 0. The van der Waals surface area contributed by atoms with E-state index in [1.165, 1.54) is 24.4 Å². The molecular weight excluding hydrogens is 236 g/mol. The van der Waals surface area contributed by atoms with E-state index in [4.69, 9.17) is 0 Å². The minimum Gasteiger partial charge on any atom is -0.380 e. The fourth-order valence-corrected chi connectivity index (χ4v) is 2.56. The number of fused-ring (bicyclic) bond motifs is 1. The molecule has 1 aliphatic rings. The largest absolute Gasteiger partial charge is 0.380 e. The third kappa shape index (κ3) is 1.61. The number of halogens is 2. The average Bonchev–Trinajstić information content (AvgIpc) is 2.68. The lowest BCUT2D eigenvalue weighted by Crippen LogP contribution is -2.24. The van der Waals surface area contributed by atoms with Crippen LogP contribution in [-0.2, 0) is 12.0 Å². The van der Waals surface area contributed by atoms with Gasteiger partial charge in [-0.05, 0) is 42.2 Å². The van der Waals surface area contributed by atoms with Crippen molar-refractivity contribution in [2.75, 3.05) is 0 Å². The van der Waals surface area contributed by atoms with Crippen LogP contribution in [0.3, 0.4) is 0 Å². The summed E-state index contributed by atoms with van der Waals surface area (Å²) in [7, 11) is 0. The summed E-state index contributed by atoms with van der Waals surface area (Å²) in [4.78, 5) is 3.76. The van der Waals surface area contributed by atoms with Crippen molar-refractivity contribution in [3.05, 3.63) is 65.0 Å². The molecule has 0 aliphatic heterocycles. The number of aromatic nitrogens is 1. The maximum Gasteiger partial charge on any atom is 0.141 e. The second kappa shape index (κ2) is 3.85. The lowest BCUT2D eigenvalue weighted by atomic mass is 9.89. The third-order valence-electron chi connectivity index (χ3n) is 3.45. The van der Waals surface area contributed by atoms with Crippen LogP contribution < -0.4 is 0 Å². The molecule has 1 heterocycles. The first-order valence-electron chi connectivity index (χ1n) is 5.72. The number of benzene rings is 1. The molecule has 1 atom stereocenters. The van der Waals surface area contributed by atoms with Gasteiger partial charge in [-0.3, -0.25) is 4.98 Å². The Balaban J connectivity index is 2.14. The zero-order chi connectivity index (χ0) is 12.8. The Bertz CT molecular complexity index is 614. The Kier molecular flexibility index (Phi) is 2.41. The molecule has 1 aliphatic carbocycles. The average molecular weight is 247 g/mol. The summed E-state index contributed by atoms with van der Waals surface area (Å²) < 4.78 is 26.3. The van der Waals surface area contributed by atoms with Crippen molar-refractivity contribution in [1.29, 1.82) is 0 Å². The monoisotopic (exact) mass is 247 g/mol. The first-order chi connectivity index (χ1) is 8.59. The van der Waals surface area contributed by atoms with E-state index < -0.39 is 11.4 Å². The zero-order valence-electron chi connectivity index (χ0n) is 9.53. The lowest BCUT2D eigenvalue weighted by Gasteiger charge is -2.24. The van der Waals surface area contributed by atoms with Crippen molar-refractivity contribution < 1.29 is 13.9 Å².